The minimum absolute atomic E-state index is 0.0293. The molecule has 0 saturated heterocycles. The van der Waals surface area contributed by atoms with E-state index in [1.54, 1.807) is 24.1 Å². The molecule has 1 fully saturated rings. The van der Waals surface area contributed by atoms with E-state index < -0.39 is 0 Å². The number of benzene rings is 1. The fourth-order valence-corrected chi connectivity index (χ4v) is 2.34. The molecule has 2 unspecified atom stereocenters. The van der Waals surface area contributed by atoms with Crippen LogP contribution in [0.5, 0.6) is 0 Å². The van der Waals surface area contributed by atoms with Gasteiger partial charge in [-0.15, -0.1) is 0 Å². The summed E-state index contributed by atoms with van der Waals surface area (Å²) in [4.78, 5) is 13.8. The Bertz CT molecular complexity index is 404. The topological polar surface area (TPSA) is 46.3 Å². The summed E-state index contributed by atoms with van der Waals surface area (Å²) in [6.07, 6.45) is 2.77. The molecule has 1 aliphatic carbocycles. The van der Waals surface area contributed by atoms with Gasteiger partial charge in [0.2, 0.25) is 5.91 Å². The Hall–Kier alpha value is -1.42. The van der Waals surface area contributed by atoms with Crippen LogP contribution in [0.2, 0.25) is 0 Å². The summed E-state index contributed by atoms with van der Waals surface area (Å²) in [6.45, 7) is 0. The Labute approximate surface area is 100 Å². The fourth-order valence-electron chi connectivity index (χ4n) is 2.34. The molecule has 0 bridgehead atoms. The summed E-state index contributed by atoms with van der Waals surface area (Å²) in [7, 11) is 1.71. The van der Waals surface area contributed by atoms with Gasteiger partial charge in [0.1, 0.15) is 5.82 Å². The number of hydrogen-bond acceptors (Lipinski definition) is 2. The fraction of sp³-hybridized carbons (Fsp3) is 0.462. The molecule has 0 aliphatic heterocycles. The Kier molecular flexibility index (Phi) is 3.43. The number of nitrogens with two attached hydrogens (primary N) is 1. The summed E-state index contributed by atoms with van der Waals surface area (Å²) >= 11 is 0. The van der Waals surface area contributed by atoms with E-state index in [0.29, 0.717) is 5.69 Å². The van der Waals surface area contributed by atoms with E-state index in [9.17, 15) is 9.18 Å². The van der Waals surface area contributed by atoms with Crippen LogP contribution >= 0.6 is 0 Å². The largest absolute Gasteiger partial charge is 0.327 e. The molecule has 0 heterocycles. The zero-order valence-corrected chi connectivity index (χ0v) is 9.90. The predicted octanol–water partition coefficient (Wildman–Crippen LogP) is 1.92. The summed E-state index contributed by atoms with van der Waals surface area (Å²) in [5, 5.41) is 0. The summed E-state index contributed by atoms with van der Waals surface area (Å²) < 4.78 is 12.8. The van der Waals surface area contributed by atoms with Crippen molar-refractivity contribution in [3.8, 4) is 0 Å². The molecule has 3 nitrogen and oxygen atoms in total. The van der Waals surface area contributed by atoms with Gasteiger partial charge in [-0.05, 0) is 37.1 Å². The first-order valence-electron chi connectivity index (χ1n) is 5.88. The van der Waals surface area contributed by atoms with E-state index in [2.05, 4.69) is 0 Å². The van der Waals surface area contributed by atoms with Crippen LogP contribution in [-0.2, 0) is 4.79 Å². The maximum atomic E-state index is 12.8. The van der Waals surface area contributed by atoms with Crippen LogP contribution in [0, 0.1) is 11.7 Å². The van der Waals surface area contributed by atoms with Gasteiger partial charge in [-0.2, -0.15) is 0 Å². The molecule has 2 atom stereocenters. The Balaban J connectivity index is 2.11. The van der Waals surface area contributed by atoms with E-state index in [4.69, 9.17) is 5.73 Å². The smallest absolute Gasteiger partial charge is 0.231 e. The third-order valence-corrected chi connectivity index (χ3v) is 3.43. The minimum atomic E-state index is -0.299. The summed E-state index contributed by atoms with van der Waals surface area (Å²) in [5.41, 5.74) is 6.62. The molecule has 1 aromatic carbocycles. The van der Waals surface area contributed by atoms with Gasteiger partial charge in [0.05, 0.1) is 5.92 Å². The third-order valence-electron chi connectivity index (χ3n) is 3.43. The molecule has 0 radical (unpaired) electrons. The second-order valence-electron chi connectivity index (χ2n) is 4.57. The predicted molar refractivity (Wildman–Crippen MR) is 65.1 cm³/mol. The maximum absolute atomic E-state index is 12.8. The Morgan fingerprint density at radius 2 is 2.00 bits per heavy atom. The molecule has 2 rings (SSSR count). The lowest BCUT2D eigenvalue weighted by Gasteiger charge is -2.23. The standard InChI is InChI=1S/C13H17FN2O/c1-16(10-7-5-9(14)6-8-10)13(17)11-3-2-4-12(11)15/h5-8,11-12H,2-4,15H2,1H3. The first-order valence-corrected chi connectivity index (χ1v) is 5.88. The SMILES string of the molecule is CN(C(=O)C1CCCC1N)c1ccc(F)cc1. The highest BCUT2D eigenvalue weighted by Gasteiger charge is 2.32. The summed E-state index contributed by atoms with van der Waals surface area (Å²) in [5.74, 6) is -0.362. The van der Waals surface area contributed by atoms with Crippen molar-refractivity contribution in [2.45, 2.75) is 25.3 Å². The van der Waals surface area contributed by atoms with Crippen molar-refractivity contribution in [3.63, 3.8) is 0 Å². The van der Waals surface area contributed by atoms with Crippen LogP contribution in [0.25, 0.3) is 0 Å². The molecule has 2 N–H and O–H groups in total. The van der Waals surface area contributed by atoms with Gasteiger partial charge in [-0.3, -0.25) is 4.79 Å². The van der Waals surface area contributed by atoms with Crippen LogP contribution in [0.3, 0.4) is 0 Å². The normalized spacial score (nSPS) is 23.7. The van der Waals surface area contributed by atoms with Crippen LogP contribution < -0.4 is 10.6 Å². The van der Waals surface area contributed by atoms with Crippen LogP contribution in [0.1, 0.15) is 19.3 Å². The average Bonchev–Trinajstić information content (AvgIpc) is 2.74. The van der Waals surface area contributed by atoms with Gasteiger partial charge in [-0.1, -0.05) is 6.42 Å². The molecule has 4 heteroatoms. The quantitative estimate of drug-likeness (QED) is 0.852. The molecule has 92 valence electrons. The molecule has 1 aliphatic rings. The van der Waals surface area contributed by atoms with Crippen LogP contribution in [-0.4, -0.2) is 19.0 Å². The lowest BCUT2D eigenvalue weighted by Crippen LogP contribution is -2.39. The van der Waals surface area contributed by atoms with Crippen LogP contribution in [0.15, 0.2) is 24.3 Å². The molecular formula is C13H17FN2O. The molecule has 1 saturated carbocycles. The zero-order valence-electron chi connectivity index (χ0n) is 9.90. The van der Waals surface area contributed by atoms with Crippen molar-refractivity contribution in [1.82, 2.24) is 0 Å². The second kappa shape index (κ2) is 4.84. The molecule has 0 aromatic heterocycles. The van der Waals surface area contributed by atoms with Gasteiger partial charge in [0.25, 0.3) is 0 Å². The van der Waals surface area contributed by atoms with Crippen molar-refractivity contribution in [1.29, 1.82) is 0 Å². The molecule has 1 amide bonds. The van der Waals surface area contributed by atoms with Gasteiger partial charge in [0.15, 0.2) is 0 Å². The minimum Gasteiger partial charge on any atom is -0.327 e. The molecule has 17 heavy (non-hydrogen) atoms. The number of halogens is 1. The van der Waals surface area contributed by atoms with Gasteiger partial charge in [-0.25, -0.2) is 4.39 Å². The van der Waals surface area contributed by atoms with E-state index >= 15 is 0 Å². The average molecular weight is 236 g/mol. The number of rotatable bonds is 2. The number of nitrogens with zero attached hydrogens (tertiary/aromatic N) is 1. The molecular weight excluding hydrogens is 219 g/mol. The highest BCUT2D eigenvalue weighted by molar-refractivity contribution is 5.95. The Morgan fingerprint density at radius 1 is 1.35 bits per heavy atom. The van der Waals surface area contributed by atoms with Gasteiger partial charge in [0, 0.05) is 18.8 Å². The number of hydrogen-bond donors (Lipinski definition) is 1. The Morgan fingerprint density at radius 3 is 2.53 bits per heavy atom. The van der Waals surface area contributed by atoms with Crippen molar-refractivity contribution in [2.24, 2.45) is 11.7 Å². The summed E-state index contributed by atoms with van der Waals surface area (Å²) in [6, 6.07) is 5.88. The second-order valence-corrected chi connectivity index (χ2v) is 4.57. The van der Waals surface area contributed by atoms with Crippen molar-refractivity contribution < 1.29 is 9.18 Å². The van der Waals surface area contributed by atoms with Gasteiger partial charge >= 0.3 is 0 Å². The van der Waals surface area contributed by atoms with Crippen molar-refractivity contribution >= 4 is 11.6 Å². The first kappa shape index (κ1) is 12.0. The van der Waals surface area contributed by atoms with Crippen molar-refractivity contribution in [2.75, 3.05) is 11.9 Å². The molecule has 1 aromatic rings. The first-order chi connectivity index (χ1) is 8.09. The van der Waals surface area contributed by atoms with Crippen LogP contribution in [0.4, 0.5) is 10.1 Å². The third kappa shape index (κ3) is 2.47. The van der Waals surface area contributed by atoms with E-state index in [1.165, 1.54) is 12.1 Å². The maximum Gasteiger partial charge on any atom is 0.231 e. The van der Waals surface area contributed by atoms with Crippen molar-refractivity contribution in [3.05, 3.63) is 30.1 Å². The number of anilines is 1. The lowest BCUT2D eigenvalue weighted by atomic mass is 10.0. The highest BCUT2D eigenvalue weighted by Crippen LogP contribution is 2.27. The van der Waals surface area contributed by atoms with Gasteiger partial charge < -0.3 is 10.6 Å². The lowest BCUT2D eigenvalue weighted by molar-refractivity contribution is -0.122. The number of carbonyl (C=O) groups is 1. The highest BCUT2D eigenvalue weighted by atomic mass is 19.1. The van der Waals surface area contributed by atoms with E-state index in [0.717, 1.165) is 19.3 Å². The van der Waals surface area contributed by atoms with E-state index in [-0.39, 0.29) is 23.7 Å². The van der Waals surface area contributed by atoms with E-state index in [1.807, 2.05) is 0 Å². The number of carbonyl (C=O) groups excluding carboxylic acids is 1. The molecule has 0 spiro atoms. The monoisotopic (exact) mass is 236 g/mol. The number of amides is 1. The zero-order chi connectivity index (χ0) is 12.4.